The van der Waals surface area contributed by atoms with E-state index < -0.39 is 17.2 Å². The fraction of sp³-hybridized carbons (Fsp3) is 0.320. The predicted molar refractivity (Wildman–Crippen MR) is 119 cm³/mol. The van der Waals surface area contributed by atoms with Crippen LogP contribution in [0.15, 0.2) is 57.7 Å². The molecule has 0 radical (unpaired) electrons. The average Bonchev–Trinajstić information content (AvgIpc) is 2.98. The minimum Gasteiger partial charge on any atom is -0.423 e. The van der Waals surface area contributed by atoms with Crippen molar-refractivity contribution in [2.24, 2.45) is 0 Å². The number of carbonyl (C=O) groups excluding carboxylic acids is 2. The van der Waals surface area contributed by atoms with Crippen molar-refractivity contribution in [1.82, 2.24) is 10.2 Å². The number of aryl methyl sites for hydroxylation is 1. The van der Waals surface area contributed by atoms with E-state index >= 15 is 0 Å². The van der Waals surface area contributed by atoms with Gasteiger partial charge in [-0.2, -0.15) is 0 Å². The van der Waals surface area contributed by atoms with E-state index in [1.165, 1.54) is 11.0 Å². The van der Waals surface area contributed by atoms with E-state index in [4.69, 9.17) is 4.42 Å². The molecule has 6 heteroatoms. The van der Waals surface area contributed by atoms with Crippen LogP contribution in [0.25, 0.3) is 11.0 Å². The summed E-state index contributed by atoms with van der Waals surface area (Å²) in [5, 5.41) is 3.63. The first-order chi connectivity index (χ1) is 14.8. The summed E-state index contributed by atoms with van der Waals surface area (Å²) in [5.41, 5.74) is 2.36. The van der Waals surface area contributed by atoms with Gasteiger partial charge < -0.3 is 9.73 Å². The molecule has 0 saturated carbocycles. The van der Waals surface area contributed by atoms with Crippen LogP contribution in [0.2, 0.25) is 0 Å². The largest absolute Gasteiger partial charge is 0.423 e. The lowest BCUT2D eigenvalue weighted by Gasteiger charge is -2.25. The van der Waals surface area contributed by atoms with Crippen LogP contribution in [0.4, 0.5) is 4.79 Å². The number of hydrogen-bond donors (Lipinski definition) is 1. The summed E-state index contributed by atoms with van der Waals surface area (Å²) in [6, 6.07) is 14.0. The molecule has 1 aliphatic rings. The number of benzene rings is 2. The quantitative estimate of drug-likeness (QED) is 0.486. The highest BCUT2D eigenvalue weighted by Gasteiger charge is 2.51. The molecule has 31 heavy (non-hydrogen) atoms. The van der Waals surface area contributed by atoms with E-state index in [2.05, 4.69) is 19.2 Å². The normalized spacial score (nSPS) is 18.8. The predicted octanol–water partition coefficient (Wildman–Crippen LogP) is 4.58. The number of rotatable bonds is 5. The lowest BCUT2D eigenvalue weighted by molar-refractivity contribution is -0.132. The molecule has 4 rings (SSSR count). The number of fused-ring (bicyclic) bond motifs is 1. The Labute approximate surface area is 180 Å². The molecule has 3 aromatic rings. The van der Waals surface area contributed by atoms with Crippen molar-refractivity contribution in [2.75, 3.05) is 0 Å². The first-order valence-corrected chi connectivity index (χ1v) is 10.5. The SMILES string of the molecule is CC[C@]1(c2ccccc2)NC(=O)N(Cc2cc(=O)oc3cc(C)c(C(C)C)cc23)C1=O. The zero-order chi connectivity index (χ0) is 22.3. The van der Waals surface area contributed by atoms with Crippen molar-refractivity contribution in [2.45, 2.75) is 52.1 Å². The Hall–Kier alpha value is -3.41. The summed E-state index contributed by atoms with van der Waals surface area (Å²) >= 11 is 0. The lowest BCUT2D eigenvalue weighted by Crippen LogP contribution is -2.43. The summed E-state index contributed by atoms with van der Waals surface area (Å²) < 4.78 is 5.41. The van der Waals surface area contributed by atoms with Crippen LogP contribution in [0.1, 0.15) is 55.4 Å². The van der Waals surface area contributed by atoms with Gasteiger partial charge in [0.05, 0.1) is 6.54 Å². The van der Waals surface area contributed by atoms with Crippen LogP contribution < -0.4 is 10.9 Å². The molecule has 160 valence electrons. The highest BCUT2D eigenvalue weighted by atomic mass is 16.4. The van der Waals surface area contributed by atoms with Crippen molar-refractivity contribution < 1.29 is 14.0 Å². The molecule has 1 saturated heterocycles. The summed E-state index contributed by atoms with van der Waals surface area (Å²) in [4.78, 5) is 39.7. The van der Waals surface area contributed by atoms with Gasteiger partial charge in [-0.1, -0.05) is 51.1 Å². The van der Waals surface area contributed by atoms with Crippen LogP contribution in [-0.2, 0) is 16.9 Å². The van der Waals surface area contributed by atoms with Crippen molar-refractivity contribution in [3.05, 3.63) is 81.2 Å². The van der Waals surface area contributed by atoms with Gasteiger partial charge in [0.25, 0.3) is 5.91 Å². The second kappa shape index (κ2) is 7.69. The van der Waals surface area contributed by atoms with Gasteiger partial charge in [-0.15, -0.1) is 0 Å². The molecular formula is C25H26N2O4. The summed E-state index contributed by atoms with van der Waals surface area (Å²) in [5.74, 6) is -0.0319. The molecule has 0 unspecified atom stereocenters. The Kier molecular flexibility index (Phi) is 5.17. The van der Waals surface area contributed by atoms with E-state index in [0.29, 0.717) is 17.6 Å². The summed E-state index contributed by atoms with van der Waals surface area (Å²) in [7, 11) is 0. The van der Waals surface area contributed by atoms with E-state index in [9.17, 15) is 14.4 Å². The summed E-state index contributed by atoms with van der Waals surface area (Å²) in [6.07, 6.45) is 0.423. The summed E-state index contributed by atoms with van der Waals surface area (Å²) in [6.45, 7) is 8.05. The van der Waals surface area contributed by atoms with E-state index in [1.807, 2.05) is 56.3 Å². The monoisotopic (exact) mass is 418 g/mol. The maximum absolute atomic E-state index is 13.5. The number of urea groups is 1. The molecule has 0 aliphatic carbocycles. The van der Waals surface area contributed by atoms with E-state index in [1.54, 1.807) is 0 Å². The fourth-order valence-corrected chi connectivity index (χ4v) is 4.45. The third-order valence-electron chi connectivity index (χ3n) is 6.14. The number of carbonyl (C=O) groups is 2. The zero-order valence-electron chi connectivity index (χ0n) is 18.2. The Balaban J connectivity index is 1.79. The van der Waals surface area contributed by atoms with Crippen LogP contribution in [0.5, 0.6) is 0 Å². The van der Waals surface area contributed by atoms with Gasteiger partial charge >= 0.3 is 11.7 Å². The van der Waals surface area contributed by atoms with Crippen LogP contribution in [0, 0.1) is 6.92 Å². The van der Waals surface area contributed by atoms with Gasteiger partial charge in [-0.25, -0.2) is 9.59 Å². The van der Waals surface area contributed by atoms with E-state index in [0.717, 1.165) is 22.1 Å². The minimum atomic E-state index is -1.10. The average molecular weight is 418 g/mol. The molecule has 0 bridgehead atoms. The third kappa shape index (κ3) is 3.42. The van der Waals surface area contributed by atoms with Gasteiger partial charge in [-0.05, 0) is 53.6 Å². The van der Waals surface area contributed by atoms with Crippen LogP contribution in [0.3, 0.4) is 0 Å². The molecule has 6 nitrogen and oxygen atoms in total. The minimum absolute atomic E-state index is 0.00193. The fourth-order valence-electron chi connectivity index (χ4n) is 4.45. The first-order valence-electron chi connectivity index (χ1n) is 10.5. The topological polar surface area (TPSA) is 79.6 Å². The molecule has 1 aromatic heterocycles. The van der Waals surface area contributed by atoms with Crippen molar-refractivity contribution >= 4 is 22.9 Å². The highest BCUT2D eigenvalue weighted by Crippen LogP contribution is 2.34. The van der Waals surface area contributed by atoms with Gasteiger partial charge in [0.1, 0.15) is 11.1 Å². The molecule has 2 heterocycles. The smallest absolute Gasteiger partial charge is 0.336 e. The molecule has 3 amide bonds. The molecule has 1 N–H and O–H groups in total. The van der Waals surface area contributed by atoms with Crippen molar-refractivity contribution in [3.8, 4) is 0 Å². The zero-order valence-corrected chi connectivity index (χ0v) is 18.2. The van der Waals surface area contributed by atoms with Gasteiger partial charge in [0.15, 0.2) is 0 Å². The number of amides is 3. The molecule has 1 atom stereocenters. The second-order valence-corrected chi connectivity index (χ2v) is 8.40. The molecular weight excluding hydrogens is 392 g/mol. The Morgan fingerprint density at radius 3 is 2.42 bits per heavy atom. The molecule has 0 spiro atoms. The highest BCUT2D eigenvalue weighted by molar-refractivity contribution is 6.07. The van der Waals surface area contributed by atoms with Crippen molar-refractivity contribution in [3.63, 3.8) is 0 Å². The molecule has 2 aromatic carbocycles. The van der Waals surface area contributed by atoms with Gasteiger partial charge in [0.2, 0.25) is 0 Å². The Morgan fingerprint density at radius 1 is 1.06 bits per heavy atom. The number of hydrogen-bond acceptors (Lipinski definition) is 4. The number of nitrogens with zero attached hydrogens (tertiary/aromatic N) is 1. The van der Waals surface area contributed by atoms with E-state index in [-0.39, 0.29) is 18.4 Å². The number of imide groups is 1. The standard InChI is InChI=1S/C25H26N2O4/c1-5-25(18-9-7-6-8-10-18)23(29)27(24(30)26-25)14-17-12-22(28)31-21-11-16(4)19(15(2)3)13-20(17)21/h6-13,15H,5,14H2,1-4H3,(H,26,30)/t25-/m1/s1. The second-order valence-electron chi connectivity index (χ2n) is 8.40. The van der Waals surface area contributed by atoms with Crippen LogP contribution in [-0.4, -0.2) is 16.8 Å². The van der Waals surface area contributed by atoms with Gasteiger partial charge in [0, 0.05) is 11.5 Å². The maximum Gasteiger partial charge on any atom is 0.336 e. The Bertz CT molecular complexity index is 1230. The van der Waals surface area contributed by atoms with Crippen molar-refractivity contribution in [1.29, 1.82) is 0 Å². The molecule has 1 fully saturated rings. The Morgan fingerprint density at radius 2 is 1.77 bits per heavy atom. The van der Waals surface area contributed by atoms with Gasteiger partial charge in [-0.3, -0.25) is 9.69 Å². The third-order valence-corrected chi connectivity index (χ3v) is 6.14. The first kappa shape index (κ1) is 20.8. The number of nitrogens with one attached hydrogen (secondary N) is 1. The lowest BCUT2D eigenvalue weighted by atomic mass is 9.87. The molecule has 1 aliphatic heterocycles. The maximum atomic E-state index is 13.5. The van der Waals surface area contributed by atoms with Crippen LogP contribution >= 0.6 is 0 Å².